The fourth-order valence-electron chi connectivity index (χ4n) is 0.785. The largest absolute Gasteiger partial charge is 0.489 e. The van der Waals surface area contributed by atoms with E-state index >= 15 is 0 Å². The molecule has 0 unspecified atom stereocenters. The Balaban J connectivity index is 3.14. The summed E-state index contributed by atoms with van der Waals surface area (Å²) >= 11 is 3.05. The van der Waals surface area contributed by atoms with E-state index in [1.807, 2.05) is 0 Å². The fraction of sp³-hybridized carbons (Fsp3) is 0.250. The molecule has 1 aromatic rings. The summed E-state index contributed by atoms with van der Waals surface area (Å²) in [6.45, 7) is 2.01. The molecule has 0 saturated heterocycles. The van der Waals surface area contributed by atoms with Gasteiger partial charge in [-0.2, -0.15) is 4.39 Å². The van der Waals surface area contributed by atoms with Crippen LogP contribution in [-0.2, 0) is 0 Å². The Hall–Kier alpha value is -0.640. The molecule has 12 heavy (non-hydrogen) atoms. The van der Waals surface area contributed by atoms with E-state index in [-0.39, 0.29) is 5.75 Å². The summed E-state index contributed by atoms with van der Waals surface area (Å²) < 4.78 is 30.8. The van der Waals surface area contributed by atoms with E-state index in [2.05, 4.69) is 15.9 Å². The average molecular weight is 237 g/mol. The second-order valence-electron chi connectivity index (χ2n) is 2.11. The number of benzene rings is 1. The highest BCUT2D eigenvalue weighted by molar-refractivity contribution is 9.10. The zero-order valence-electron chi connectivity index (χ0n) is 6.40. The van der Waals surface area contributed by atoms with E-state index in [1.165, 1.54) is 6.07 Å². The summed E-state index contributed by atoms with van der Waals surface area (Å²) in [4.78, 5) is 0. The molecule has 1 aromatic carbocycles. The van der Waals surface area contributed by atoms with E-state index in [9.17, 15) is 8.78 Å². The SMILES string of the molecule is CCOc1c(Br)ccc(F)c1F. The Morgan fingerprint density at radius 2 is 2.08 bits per heavy atom. The number of ether oxygens (including phenoxy) is 1. The highest BCUT2D eigenvalue weighted by atomic mass is 79.9. The van der Waals surface area contributed by atoms with Crippen LogP contribution >= 0.6 is 15.9 Å². The van der Waals surface area contributed by atoms with E-state index in [0.29, 0.717) is 11.1 Å². The maximum absolute atomic E-state index is 12.9. The molecule has 1 nitrogen and oxygen atoms in total. The minimum atomic E-state index is -0.953. The Labute approximate surface area is 77.5 Å². The van der Waals surface area contributed by atoms with Crippen LogP contribution in [0.25, 0.3) is 0 Å². The number of hydrogen-bond donors (Lipinski definition) is 0. The molecular weight excluding hydrogens is 230 g/mol. The van der Waals surface area contributed by atoms with Gasteiger partial charge in [-0.15, -0.1) is 0 Å². The molecule has 0 aliphatic rings. The lowest BCUT2D eigenvalue weighted by Gasteiger charge is -2.06. The molecule has 4 heteroatoms. The summed E-state index contributed by atoms with van der Waals surface area (Å²) in [5.74, 6) is -1.93. The van der Waals surface area contributed by atoms with Crippen LogP contribution in [0.1, 0.15) is 6.92 Å². The van der Waals surface area contributed by atoms with Gasteiger partial charge in [0.05, 0.1) is 11.1 Å². The van der Waals surface area contributed by atoms with Gasteiger partial charge in [0.2, 0.25) is 5.82 Å². The van der Waals surface area contributed by atoms with Crippen molar-refractivity contribution in [3.8, 4) is 5.75 Å². The monoisotopic (exact) mass is 236 g/mol. The van der Waals surface area contributed by atoms with E-state index in [4.69, 9.17) is 4.74 Å². The maximum Gasteiger partial charge on any atom is 0.201 e. The van der Waals surface area contributed by atoms with Crippen molar-refractivity contribution in [1.29, 1.82) is 0 Å². The lowest BCUT2D eigenvalue weighted by Crippen LogP contribution is -1.97. The number of rotatable bonds is 2. The van der Waals surface area contributed by atoms with Crippen LogP contribution in [0.4, 0.5) is 8.78 Å². The van der Waals surface area contributed by atoms with Gasteiger partial charge in [0.15, 0.2) is 11.6 Å². The van der Waals surface area contributed by atoms with Gasteiger partial charge in [-0.1, -0.05) is 0 Å². The highest BCUT2D eigenvalue weighted by Gasteiger charge is 2.12. The van der Waals surface area contributed by atoms with Gasteiger partial charge in [0.1, 0.15) is 0 Å². The smallest absolute Gasteiger partial charge is 0.201 e. The third-order valence-electron chi connectivity index (χ3n) is 1.29. The van der Waals surface area contributed by atoms with Crippen LogP contribution in [0.5, 0.6) is 5.75 Å². The highest BCUT2D eigenvalue weighted by Crippen LogP contribution is 2.29. The standard InChI is InChI=1S/C8H7BrF2O/c1-2-12-8-5(9)3-4-6(10)7(8)11/h3-4H,2H2,1H3. The number of hydrogen-bond acceptors (Lipinski definition) is 1. The lowest BCUT2D eigenvalue weighted by molar-refractivity contribution is 0.312. The molecule has 0 spiro atoms. The van der Waals surface area contributed by atoms with Gasteiger partial charge in [-0.25, -0.2) is 4.39 Å². The van der Waals surface area contributed by atoms with Crippen LogP contribution in [0.15, 0.2) is 16.6 Å². The average Bonchev–Trinajstić information content (AvgIpc) is 2.06. The molecule has 0 saturated carbocycles. The van der Waals surface area contributed by atoms with Gasteiger partial charge in [-0.05, 0) is 35.0 Å². The minimum Gasteiger partial charge on any atom is -0.489 e. The molecule has 0 fully saturated rings. The van der Waals surface area contributed by atoms with Gasteiger partial charge in [-0.3, -0.25) is 0 Å². The molecule has 0 radical (unpaired) electrons. The summed E-state index contributed by atoms with van der Waals surface area (Å²) in [7, 11) is 0. The molecule has 0 aliphatic carbocycles. The third kappa shape index (κ3) is 1.75. The van der Waals surface area contributed by atoms with Crippen LogP contribution in [0.3, 0.4) is 0 Å². The maximum atomic E-state index is 12.9. The van der Waals surface area contributed by atoms with Gasteiger partial charge in [0.25, 0.3) is 0 Å². The predicted octanol–water partition coefficient (Wildman–Crippen LogP) is 3.13. The van der Waals surface area contributed by atoms with Crippen LogP contribution in [0, 0.1) is 11.6 Å². The van der Waals surface area contributed by atoms with E-state index < -0.39 is 11.6 Å². The zero-order valence-corrected chi connectivity index (χ0v) is 7.99. The molecule has 0 atom stereocenters. The Morgan fingerprint density at radius 1 is 1.42 bits per heavy atom. The predicted molar refractivity (Wildman–Crippen MR) is 45.2 cm³/mol. The fourth-order valence-corrected chi connectivity index (χ4v) is 1.21. The van der Waals surface area contributed by atoms with Crippen LogP contribution in [-0.4, -0.2) is 6.61 Å². The summed E-state index contributed by atoms with van der Waals surface area (Å²) in [6.07, 6.45) is 0. The van der Waals surface area contributed by atoms with Crippen molar-refractivity contribution < 1.29 is 13.5 Å². The van der Waals surface area contributed by atoms with Crippen LogP contribution in [0.2, 0.25) is 0 Å². The van der Waals surface area contributed by atoms with Gasteiger partial charge in [0, 0.05) is 0 Å². The Bertz CT molecular complexity index is 289. The molecule has 0 aliphatic heterocycles. The summed E-state index contributed by atoms with van der Waals surface area (Å²) in [5, 5.41) is 0. The van der Waals surface area contributed by atoms with E-state index in [0.717, 1.165) is 6.07 Å². The lowest BCUT2D eigenvalue weighted by atomic mass is 10.3. The van der Waals surface area contributed by atoms with Crippen molar-refractivity contribution in [3.63, 3.8) is 0 Å². The normalized spacial score (nSPS) is 10.0. The second kappa shape index (κ2) is 3.85. The van der Waals surface area contributed by atoms with E-state index in [1.54, 1.807) is 6.92 Å². The van der Waals surface area contributed by atoms with Crippen molar-refractivity contribution >= 4 is 15.9 Å². The first kappa shape index (κ1) is 9.45. The van der Waals surface area contributed by atoms with Crippen molar-refractivity contribution in [2.45, 2.75) is 6.92 Å². The molecule has 0 N–H and O–H groups in total. The molecule has 66 valence electrons. The molecule has 0 amide bonds. The Morgan fingerprint density at radius 3 is 2.67 bits per heavy atom. The van der Waals surface area contributed by atoms with Crippen molar-refractivity contribution in [2.75, 3.05) is 6.61 Å². The molecule has 0 aromatic heterocycles. The molecular formula is C8H7BrF2O. The quantitative estimate of drug-likeness (QED) is 0.718. The second-order valence-corrected chi connectivity index (χ2v) is 2.96. The van der Waals surface area contributed by atoms with Crippen molar-refractivity contribution in [2.24, 2.45) is 0 Å². The third-order valence-corrected chi connectivity index (χ3v) is 1.92. The zero-order chi connectivity index (χ0) is 9.14. The van der Waals surface area contributed by atoms with Crippen molar-refractivity contribution in [3.05, 3.63) is 28.2 Å². The topological polar surface area (TPSA) is 9.23 Å². The number of halogens is 3. The summed E-state index contributed by atoms with van der Waals surface area (Å²) in [6, 6.07) is 2.45. The van der Waals surface area contributed by atoms with Crippen molar-refractivity contribution in [1.82, 2.24) is 0 Å². The molecule has 1 rings (SSSR count). The van der Waals surface area contributed by atoms with Crippen LogP contribution < -0.4 is 4.74 Å². The first-order valence-corrected chi connectivity index (χ1v) is 4.22. The molecule has 0 bridgehead atoms. The van der Waals surface area contributed by atoms with Gasteiger partial charge < -0.3 is 4.74 Å². The first-order chi connectivity index (χ1) is 5.66. The minimum absolute atomic E-state index is 0.0718. The first-order valence-electron chi connectivity index (χ1n) is 3.43. The Kier molecular flexibility index (Phi) is 3.03. The summed E-state index contributed by atoms with van der Waals surface area (Å²) in [5.41, 5.74) is 0. The molecule has 0 heterocycles. The van der Waals surface area contributed by atoms with Gasteiger partial charge >= 0.3 is 0 Å².